The molecule has 0 bridgehead atoms. The topological polar surface area (TPSA) is 71.9 Å². The Morgan fingerprint density at radius 3 is 2.56 bits per heavy atom. The molecule has 2 N–H and O–H groups in total. The molecule has 0 aliphatic rings. The highest BCUT2D eigenvalue weighted by Gasteiger charge is 2.17. The fourth-order valence-electron chi connectivity index (χ4n) is 2.65. The van der Waals surface area contributed by atoms with Crippen LogP contribution < -0.4 is 10.5 Å². The maximum atomic E-state index is 9.59. The van der Waals surface area contributed by atoms with Crippen LogP contribution in [-0.4, -0.2) is 11.6 Å². The Kier molecular flexibility index (Phi) is 5.01. The van der Waals surface area contributed by atoms with Gasteiger partial charge in [-0.25, -0.2) is 4.98 Å². The molecule has 124 valence electrons. The Bertz CT molecular complexity index is 949. The Balaban J connectivity index is 2.27. The van der Waals surface area contributed by atoms with Crippen molar-refractivity contribution in [3.05, 3.63) is 64.6 Å². The summed E-state index contributed by atoms with van der Waals surface area (Å²) in [5, 5.41) is 9.59. The molecule has 0 spiro atoms. The minimum absolute atomic E-state index is 0.210. The molecule has 0 saturated carbocycles. The largest absolute Gasteiger partial charge is 0.493 e. The molecular weight excluding hydrogens is 378 g/mol. The van der Waals surface area contributed by atoms with Gasteiger partial charge in [0.1, 0.15) is 23.2 Å². The van der Waals surface area contributed by atoms with Crippen molar-refractivity contribution in [2.45, 2.75) is 6.92 Å². The number of nitrogens with zero attached hydrogens (tertiary/aromatic N) is 2. The molecule has 0 radical (unpaired) electrons. The quantitative estimate of drug-likeness (QED) is 0.674. The first-order valence-electron chi connectivity index (χ1n) is 7.82. The van der Waals surface area contributed by atoms with Gasteiger partial charge in [0.25, 0.3) is 0 Å². The van der Waals surface area contributed by atoms with Crippen LogP contribution in [0.1, 0.15) is 12.5 Å². The van der Waals surface area contributed by atoms with Crippen molar-refractivity contribution in [1.29, 1.82) is 5.26 Å². The molecule has 3 rings (SSSR count). The third kappa shape index (κ3) is 3.49. The highest BCUT2D eigenvalue weighted by atomic mass is 79.9. The maximum absolute atomic E-state index is 9.59. The number of benzene rings is 2. The number of ether oxygens (including phenoxy) is 1. The first kappa shape index (κ1) is 17.0. The van der Waals surface area contributed by atoms with Gasteiger partial charge >= 0.3 is 0 Å². The van der Waals surface area contributed by atoms with Crippen molar-refractivity contribution in [1.82, 2.24) is 4.98 Å². The number of pyridine rings is 1. The van der Waals surface area contributed by atoms with Gasteiger partial charge in [0, 0.05) is 21.2 Å². The zero-order chi connectivity index (χ0) is 17.8. The van der Waals surface area contributed by atoms with Crippen LogP contribution in [0, 0.1) is 11.3 Å². The zero-order valence-corrected chi connectivity index (χ0v) is 15.2. The lowest BCUT2D eigenvalue weighted by Crippen LogP contribution is -2.01. The van der Waals surface area contributed by atoms with E-state index in [0.717, 1.165) is 21.3 Å². The van der Waals surface area contributed by atoms with Crippen LogP contribution in [0.25, 0.3) is 22.4 Å². The maximum Gasteiger partial charge on any atom is 0.142 e. The van der Waals surface area contributed by atoms with Gasteiger partial charge in [0.2, 0.25) is 0 Å². The van der Waals surface area contributed by atoms with Crippen LogP contribution in [0.2, 0.25) is 0 Å². The number of aromatic nitrogens is 1. The van der Waals surface area contributed by atoms with Crippen LogP contribution in [-0.2, 0) is 0 Å². The van der Waals surface area contributed by atoms with Crippen LogP contribution in [0.15, 0.2) is 59.1 Å². The Hall–Kier alpha value is -2.84. The van der Waals surface area contributed by atoms with E-state index in [0.29, 0.717) is 23.5 Å². The highest BCUT2D eigenvalue weighted by molar-refractivity contribution is 9.10. The number of nitrogen functional groups attached to an aromatic ring is 1. The van der Waals surface area contributed by atoms with Gasteiger partial charge in [0.05, 0.1) is 12.3 Å². The molecule has 0 aliphatic heterocycles. The van der Waals surface area contributed by atoms with E-state index in [-0.39, 0.29) is 5.82 Å². The molecule has 0 fully saturated rings. The smallest absolute Gasteiger partial charge is 0.142 e. The number of hydrogen-bond acceptors (Lipinski definition) is 4. The number of hydrogen-bond donors (Lipinski definition) is 1. The van der Waals surface area contributed by atoms with Gasteiger partial charge < -0.3 is 10.5 Å². The van der Waals surface area contributed by atoms with Crippen LogP contribution in [0.5, 0.6) is 5.75 Å². The lowest BCUT2D eigenvalue weighted by Gasteiger charge is -2.14. The predicted molar refractivity (Wildman–Crippen MR) is 103 cm³/mol. The van der Waals surface area contributed by atoms with Crippen molar-refractivity contribution in [2.24, 2.45) is 0 Å². The Morgan fingerprint density at radius 1 is 1.12 bits per heavy atom. The van der Waals surface area contributed by atoms with E-state index in [4.69, 9.17) is 10.5 Å². The lowest BCUT2D eigenvalue weighted by molar-refractivity contribution is 0.341. The van der Waals surface area contributed by atoms with Crippen molar-refractivity contribution >= 4 is 21.7 Å². The van der Waals surface area contributed by atoms with E-state index < -0.39 is 0 Å². The molecule has 1 heterocycles. The number of anilines is 1. The van der Waals surface area contributed by atoms with E-state index >= 15 is 0 Å². The molecule has 25 heavy (non-hydrogen) atoms. The number of nitrogens with two attached hydrogens (primary N) is 1. The van der Waals surface area contributed by atoms with E-state index in [2.05, 4.69) is 27.0 Å². The molecule has 0 amide bonds. The third-order valence-electron chi connectivity index (χ3n) is 3.76. The first-order valence-corrected chi connectivity index (χ1v) is 8.62. The highest BCUT2D eigenvalue weighted by Crippen LogP contribution is 2.38. The fourth-order valence-corrected chi connectivity index (χ4v) is 3.01. The normalized spacial score (nSPS) is 10.3. The molecular formula is C20H16BrN3O. The standard InChI is InChI=1S/C20H16BrN3O/c1-2-25-19-9-8-14(21)10-16(19)15-11-18(13-6-4-3-5-7-13)24-20(23)17(15)12-22/h3-11H,2H2,1H3,(H2,23,24). The molecule has 5 heteroatoms. The average molecular weight is 394 g/mol. The van der Waals surface area contributed by atoms with E-state index in [1.807, 2.05) is 61.5 Å². The molecule has 0 aliphatic carbocycles. The van der Waals surface area contributed by atoms with Crippen molar-refractivity contribution < 1.29 is 4.74 Å². The molecule has 3 aromatic rings. The predicted octanol–water partition coefficient (Wildman–Crippen LogP) is 5.03. The Labute approximate surface area is 155 Å². The second kappa shape index (κ2) is 7.37. The first-order chi connectivity index (χ1) is 12.1. The van der Waals surface area contributed by atoms with E-state index in [1.165, 1.54) is 0 Å². The van der Waals surface area contributed by atoms with Gasteiger partial charge in [0.15, 0.2) is 0 Å². The summed E-state index contributed by atoms with van der Waals surface area (Å²) in [6, 6.07) is 19.5. The lowest BCUT2D eigenvalue weighted by atomic mass is 9.97. The summed E-state index contributed by atoms with van der Waals surface area (Å²) in [7, 11) is 0. The number of nitriles is 1. The second-order valence-electron chi connectivity index (χ2n) is 5.37. The summed E-state index contributed by atoms with van der Waals surface area (Å²) < 4.78 is 6.63. The van der Waals surface area contributed by atoms with Gasteiger partial charge in [-0.3, -0.25) is 0 Å². The van der Waals surface area contributed by atoms with E-state index in [9.17, 15) is 5.26 Å². The summed E-state index contributed by atoms with van der Waals surface area (Å²) in [6.07, 6.45) is 0. The SMILES string of the molecule is CCOc1ccc(Br)cc1-c1cc(-c2ccccc2)nc(N)c1C#N. The van der Waals surface area contributed by atoms with E-state index in [1.54, 1.807) is 0 Å². The van der Waals surface area contributed by atoms with Gasteiger partial charge in [-0.05, 0) is 31.2 Å². The molecule has 2 aromatic carbocycles. The summed E-state index contributed by atoms with van der Waals surface area (Å²) in [6.45, 7) is 2.45. The molecule has 0 saturated heterocycles. The minimum atomic E-state index is 0.210. The van der Waals surface area contributed by atoms with Crippen molar-refractivity contribution in [2.75, 3.05) is 12.3 Å². The monoisotopic (exact) mass is 393 g/mol. The molecule has 1 aromatic heterocycles. The second-order valence-corrected chi connectivity index (χ2v) is 6.28. The summed E-state index contributed by atoms with van der Waals surface area (Å²) in [5.74, 6) is 0.910. The minimum Gasteiger partial charge on any atom is -0.493 e. The summed E-state index contributed by atoms with van der Waals surface area (Å²) >= 11 is 3.49. The molecule has 0 unspecified atom stereocenters. The summed E-state index contributed by atoms with van der Waals surface area (Å²) in [4.78, 5) is 4.40. The number of rotatable bonds is 4. The number of halogens is 1. The summed E-state index contributed by atoms with van der Waals surface area (Å²) in [5.41, 5.74) is 9.60. The third-order valence-corrected chi connectivity index (χ3v) is 4.25. The molecule has 0 atom stereocenters. The van der Waals surface area contributed by atoms with Crippen molar-refractivity contribution in [3.8, 4) is 34.2 Å². The van der Waals surface area contributed by atoms with Gasteiger partial charge in [-0.2, -0.15) is 5.26 Å². The molecule has 4 nitrogen and oxygen atoms in total. The fraction of sp³-hybridized carbons (Fsp3) is 0.100. The van der Waals surface area contributed by atoms with Crippen LogP contribution in [0.3, 0.4) is 0 Å². The van der Waals surface area contributed by atoms with Crippen molar-refractivity contribution in [3.63, 3.8) is 0 Å². The van der Waals surface area contributed by atoms with Crippen LogP contribution in [0.4, 0.5) is 5.82 Å². The van der Waals surface area contributed by atoms with Gasteiger partial charge in [-0.1, -0.05) is 46.3 Å². The zero-order valence-electron chi connectivity index (χ0n) is 13.7. The van der Waals surface area contributed by atoms with Gasteiger partial charge in [-0.15, -0.1) is 0 Å². The van der Waals surface area contributed by atoms with Crippen LogP contribution >= 0.6 is 15.9 Å². The Morgan fingerprint density at radius 2 is 1.88 bits per heavy atom. The average Bonchev–Trinajstić information content (AvgIpc) is 2.63.